The first kappa shape index (κ1) is 12.8. The molecule has 1 aliphatic heterocycles. The molecule has 0 aromatic heterocycles. The Morgan fingerprint density at radius 3 is 3.06 bits per heavy atom. The molecule has 18 heavy (non-hydrogen) atoms. The minimum Gasteiger partial charge on any atom is -0.385 e. The van der Waals surface area contributed by atoms with Crippen LogP contribution in [0, 0.1) is 10.1 Å². The molecule has 0 bridgehead atoms. The van der Waals surface area contributed by atoms with Crippen LogP contribution in [0.5, 0.6) is 0 Å². The van der Waals surface area contributed by atoms with Gasteiger partial charge >= 0.3 is 0 Å². The third-order valence-corrected chi connectivity index (χ3v) is 3.13. The lowest BCUT2D eigenvalue weighted by atomic mass is 10.1. The van der Waals surface area contributed by atoms with Gasteiger partial charge in [0.25, 0.3) is 5.69 Å². The third-order valence-electron chi connectivity index (χ3n) is 3.13. The van der Waals surface area contributed by atoms with Gasteiger partial charge in [-0.15, -0.1) is 0 Å². The molecule has 1 aliphatic rings. The van der Waals surface area contributed by atoms with Crippen molar-refractivity contribution in [1.29, 1.82) is 0 Å². The molecular weight excluding hydrogens is 232 g/mol. The Labute approximate surface area is 106 Å². The van der Waals surface area contributed by atoms with Crippen LogP contribution in [0.3, 0.4) is 0 Å². The fourth-order valence-electron chi connectivity index (χ4n) is 2.14. The zero-order valence-electron chi connectivity index (χ0n) is 10.3. The minimum absolute atomic E-state index is 0.119. The van der Waals surface area contributed by atoms with Crippen molar-refractivity contribution in [2.45, 2.75) is 31.8 Å². The molecule has 98 valence electrons. The van der Waals surface area contributed by atoms with Gasteiger partial charge < -0.3 is 10.1 Å². The number of nitrogens with zero attached hydrogens (tertiary/aromatic N) is 1. The Balaban J connectivity index is 1.78. The van der Waals surface area contributed by atoms with Crippen molar-refractivity contribution in [3.8, 4) is 0 Å². The first-order valence-corrected chi connectivity index (χ1v) is 6.35. The van der Waals surface area contributed by atoms with E-state index in [-0.39, 0.29) is 10.6 Å². The van der Waals surface area contributed by atoms with Crippen LogP contribution in [-0.2, 0) is 4.74 Å². The summed E-state index contributed by atoms with van der Waals surface area (Å²) < 4.78 is 5.63. The van der Waals surface area contributed by atoms with E-state index in [2.05, 4.69) is 5.32 Å². The van der Waals surface area contributed by atoms with Crippen LogP contribution < -0.4 is 5.32 Å². The summed E-state index contributed by atoms with van der Waals surface area (Å²) in [6.45, 7) is 1.65. The molecule has 1 fully saturated rings. The first-order chi connectivity index (χ1) is 8.75. The van der Waals surface area contributed by atoms with E-state index in [4.69, 9.17) is 4.74 Å². The van der Waals surface area contributed by atoms with Gasteiger partial charge in [0.2, 0.25) is 0 Å². The van der Waals surface area contributed by atoms with Crippen molar-refractivity contribution in [2.75, 3.05) is 18.5 Å². The number of hydrogen-bond acceptors (Lipinski definition) is 4. The minimum atomic E-state index is -0.380. The predicted octanol–water partition coefficient (Wildman–Crippen LogP) is 2.97. The van der Waals surface area contributed by atoms with Gasteiger partial charge in [0.1, 0.15) is 0 Å². The Morgan fingerprint density at radius 2 is 2.33 bits per heavy atom. The molecule has 1 atom stereocenters. The molecule has 1 aromatic rings. The van der Waals surface area contributed by atoms with Gasteiger partial charge in [-0.3, -0.25) is 10.1 Å². The Bertz CT molecular complexity index is 403. The van der Waals surface area contributed by atoms with E-state index in [1.165, 1.54) is 12.5 Å². The highest BCUT2D eigenvalue weighted by Crippen LogP contribution is 2.18. The van der Waals surface area contributed by atoms with E-state index in [1.807, 2.05) is 6.07 Å². The number of nitrogens with one attached hydrogen (secondary N) is 1. The van der Waals surface area contributed by atoms with E-state index in [0.29, 0.717) is 6.10 Å². The van der Waals surface area contributed by atoms with Crippen LogP contribution in [-0.4, -0.2) is 24.2 Å². The molecule has 1 heterocycles. The number of hydrogen-bond donors (Lipinski definition) is 1. The average molecular weight is 250 g/mol. The molecule has 0 aliphatic carbocycles. The van der Waals surface area contributed by atoms with Gasteiger partial charge in [-0.25, -0.2) is 0 Å². The second-order valence-corrected chi connectivity index (χ2v) is 4.51. The maximum absolute atomic E-state index is 10.6. The standard InChI is InChI=1S/C13H18N2O3/c16-15(17)12-5-3-4-11(10-12)14-8-7-13-6-1-2-9-18-13/h3-5,10,13-14H,1-2,6-9H2. The zero-order valence-corrected chi connectivity index (χ0v) is 10.3. The van der Waals surface area contributed by atoms with Gasteiger partial charge in [-0.2, -0.15) is 0 Å². The fourth-order valence-corrected chi connectivity index (χ4v) is 2.14. The summed E-state index contributed by atoms with van der Waals surface area (Å²) in [6, 6.07) is 6.59. The molecule has 0 spiro atoms. The summed E-state index contributed by atoms with van der Waals surface area (Å²) in [7, 11) is 0. The van der Waals surface area contributed by atoms with Gasteiger partial charge in [0.15, 0.2) is 0 Å². The lowest BCUT2D eigenvalue weighted by molar-refractivity contribution is -0.384. The number of nitro groups is 1. The number of benzene rings is 1. The smallest absolute Gasteiger partial charge is 0.271 e. The second-order valence-electron chi connectivity index (χ2n) is 4.51. The normalized spacial score (nSPS) is 19.4. The van der Waals surface area contributed by atoms with E-state index in [1.54, 1.807) is 12.1 Å². The summed E-state index contributed by atoms with van der Waals surface area (Å²) in [5.41, 5.74) is 0.911. The Hall–Kier alpha value is -1.62. The Morgan fingerprint density at radius 1 is 1.44 bits per heavy atom. The average Bonchev–Trinajstić information content (AvgIpc) is 2.40. The van der Waals surface area contributed by atoms with Crippen molar-refractivity contribution in [3.05, 3.63) is 34.4 Å². The maximum Gasteiger partial charge on any atom is 0.271 e. The van der Waals surface area contributed by atoms with Crippen molar-refractivity contribution < 1.29 is 9.66 Å². The van der Waals surface area contributed by atoms with Crippen molar-refractivity contribution in [1.82, 2.24) is 0 Å². The highest BCUT2D eigenvalue weighted by molar-refractivity contribution is 5.50. The molecule has 0 radical (unpaired) electrons. The summed E-state index contributed by atoms with van der Waals surface area (Å²) >= 11 is 0. The maximum atomic E-state index is 10.6. The highest BCUT2D eigenvalue weighted by atomic mass is 16.6. The van der Waals surface area contributed by atoms with Gasteiger partial charge in [-0.1, -0.05) is 6.07 Å². The van der Waals surface area contributed by atoms with E-state index in [0.717, 1.165) is 38.1 Å². The van der Waals surface area contributed by atoms with Crippen molar-refractivity contribution in [2.24, 2.45) is 0 Å². The molecule has 1 saturated heterocycles. The van der Waals surface area contributed by atoms with Crippen LogP contribution in [0.25, 0.3) is 0 Å². The quantitative estimate of drug-likeness (QED) is 0.644. The van der Waals surface area contributed by atoms with Crippen LogP contribution in [0.2, 0.25) is 0 Å². The molecule has 2 rings (SSSR count). The monoisotopic (exact) mass is 250 g/mol. The van der Waals surface area contributed by atoms with Crippen molar-refractivity contribution in [3.63, 3.8) is 0 Å². The summed E-state index contributed by atoms with van der Waals surface area (Å²) in [6.07, 6.45) is 4.81. The lowest BCUT2D eigenvalue weighted by Gasteiger charge is -2.22. The largest absolute Gasteiger partial charge is 0.385 e. The molecule has 1 aromatic carbocycles. The summed E-state index contributed by atoms with van der Waals surface area (Å²) in [5, 5.41) is 13.8. The topological polar surface area (TPSA) is 64.4 Å². The molecule has 1 N–H and O–H groups in total. The third kappa shape index (κ3) is 3.70. The van der Waals surface area contributed by atoms with Crippen LogP contribution in [0.15, 0.2) is 24.3 Å². The number of non-ortho nitro benzene ring substituents is 1. The number of rotatable bonds is 5. The van der Waals surface area contributed by atoms with Gasteiger partial charge in [-0.05, 0) is 31.7 Å². The SMILES string of the molecule is O=[N+]([O-])c1cccc(NCCC2CCCCO2)c1. The zero-order chi connectivity index (χ0) is 12.8. The summed E-state index contributed by atoms with van der Waals surface area (Å²) in [4.78, 5) is 10.3. The second kappa shape index (κ2) is 6.35. The van der Waals surface area contributed by atoms with Gasteiger partial charge in [0.05, 0.1) is 11.0 Å². The lowest BCUT2D eigenvalue weighted by Crippen LogP contribution is -2.21. The van der Waals surface area contributed by atoms with Crippen LogP contribution in [0.1, 0.15) is 25.7 Å². The summed E-state index contributed by atoms with van der Waals surface area (Å²) in [5.74, 6) is 0. The fraction of sp³-hybridized carbons (Fsp3) is 0.538. The molecule has 1 unspecified atom stereocenters. The first-order valence-electron chi connectivity index (χ1n) is 6.35. The molecule has 0 saturated carbocycles. The number of ether oxygens (including phenoxy) is 1. The number of nitro benzene ring substituents is 1. The molecule has 5 heteroatoms. The molecule has 0 amide bonds. The number of anilines is 1. The van der Waals surface area contributed by atoms with Crippen LogP contribution in [0.4, 0.5) is 11.4 Å². The highest BCUT2D eigenvalue weighted by Gasteiger charge is 2.13. The molecular formula is C13H18N2O3. The van der Waals surface area contributed by atoms with Gasteiger partial charge in [0, 0.05) is 31.0 Å². The van der Waals surface area contributed by atoms with E-state index >= 15 is 0 Å². The van der Waals surface area contributed by atoms with E-state index in [9.17, 15) is 10.1 Å². The van der Waals surface area contributed by atoms with E-state index < -0.39 is 0 Å². The Kier molecular flexibility index (Phi) is 4.52. The van der Waals surface area contributed by atoms with Crippen molar-refractivity contribution >= 4 is 11.4 Å². The van der Waals surface area contributed by atoms with Crippen LogP contribution >= 0.6 is 0 Å². The molecule has 5 nitrogen and oxygen atoms in total. The predicted molar refractivity (Wildman–Crippen MR) is 69.8 cm³/mol.